The van der Waals surface area contributed by atoms with Gasteiger partial charge in [-0.15, -0.1) is 0 Å². The number of carbonyl (C=O) groups is 2. The highest BCUT2D eigenvalue weighted by Gasteiger charge is 2.21. The summed E-state index contributed by atoms with van der Waals surface area (Å²) in [7, 11) is 1.84. The summed E-state index contributed by atoms with van der Waals surface area (Å²) in [6.45, 7) is 3.58. The summed E-state index contributed by atoms with van der Waals surface area (Å²) in [5.41, 5.74) is 1.39. The summed E-state index contributed by atoms with van der Waals surface area (Å²) in [5.74, 6) is -0.664. The molecule has 0 saturated heterocycles. The van der Waals surface area contributed by atoms with Crippen LogP contribution >= 0.6 is 0 Å². The van der Waals surface area contributed by atoms with E-state index in [9.17, 15) is 9.59 Å². The number of amides is 1. The minimum absolute atomic E-state index is 0.0460. The van der Waals surface area contributed by atoms with E-state index in [1.54, 1.807) is 30.8 Å². The molecule has 2 aromatic heterocycles. The summed E-state index contributed by atoms with van der Waals surface area (Å²) < 4.78 is 1.81. The zero-order valence-corrected chi connectivity index (χ0v) is 11.5. The quantitative estimate of drug-likeness (QED) is 0.775. The third-order valence-corrected chi connectivity index (χ3v) is 3.21. The Labute approximate surface area is 115 Å². The molecule has 7 nitrogen and oxygen atoms in total. The summed E-state index contributed by atoms with van der Waals surface area (Å²) in [6.07, 6.45) is 3.44. The molecule has 20 heavy (non-hydrogen) atoms. The minimum atomic E-state index is -1.08. The molecule has 0 atom stereocenters. The smallest absolute Gasteiger partial charge is 0.352 e. The van der Waals surface area contributed by atoms with Crippen molar-refractivity contribution in [3.63, 3.8) is 0 Å². The zero-order valence-electron chi connectivity index (χ0n) is 11.5. The van der Waals surface area contributed by atoms with E-state index >= 15 is 0 Å². The molecule has 0 fully saturated rings. The number of hydrogen-bond acceptors (Lipinski definition) is 3. The van der Waals surface area contributed by atoms with Crippen molar-refractivity contribution in [1.29, 1.82) is 0 Å². The van der Waals surface area contributed by atoms with Crippen molar-refractivity contribution in [3.8, 4) is 0 Å². The van der Waals surface area contributed by atoms with Gasteiger partial charge >= 0.3 is 5.97 Å². The third kappa shape index (κ3) is 2.42. The van der Waals surface area contributed by atoms with Gasteiger partial charge < -0.3 is 20.0 Å². The number of H-pyrrole nitrogens is 1. The maximum Gasteiger partial charge on any atom is 0.352 e. The fraction of sp³-hybridized carbons (Fsp3) is 0.308. The van der Waals surface area contributed by atoms with Crippen molar-refractivity contribution in [2.24, 2.45) is 7.05 Å². The van der Waals surface area contributed by atoms with Crippen LogP contribution in [0.15, 0.2) is 12.4 Å². The molecule has 0 aliphatic rings. The van der Waals surface area contributed by atoms with Crippen molar-refractivity contribution < 1.29 is 14.7 Å². The lowest BCUT2D eigenvalue weighted by atomic mass is 10.1. The lowest BCUT2D eigenvalue weighted by Gasteiger charge is -2.06. The van der Waals surface area contributed by atoms with Crippen molar-refractivity contribution >= 4 is 11.9 Å². The van der Waals surface area contributed by atoms with Crippen LogP contribution in [0.3, 0.4) is 0 Å². The summed E-state index contributed by atoms with van der Waals surface area (Å²) >= 11 is 0. The normalized spacial score (nSPS) is 10.6. The van der Waals surface area contributed by atoms with Crippen molar-refractivity contribution in [3.05, 3.63) is 40.7 Å². The Morgan fingerprint density at radius 1 is 1.45 bits per heavy atom. The average molecular weight is 276 g/mol. The third-order valence-electron chi connectivity index (χ3n) is 3.21. The van der Waals surface area contributed by atoms with Crippen molar-refractivity contribution in [2.75, 3.05) is 0 Å². The van der Waals surface area contributed by atoms with E-state index in [-0.39, 0.29) is 18.1 Å². The molecule has 0 bridgehead atoms. The van der Waals surface area contributed by atoms with E-state index < -0.39 is 5.97 Å². The summed E-state index contributed by atoms with van der Waals surface area (Å²) in [6, 6.07) is 0. The Morgan fingerprint density at radius 3 is 2.65 bits per heavy atom. The second-order valence-electron chi connectivity index (χ2n) is 4.57. The molecule has 1 amide bonds. The maximum absolute atomic E-state index is 12.2. The van der Waals surface area contributed by atoms with Crippen molar-refractivity contribution in [2.45, 2.75) is 20.4 Å². The first-order valence-electron chi connectivity index (χ1n) is 6.08. The molecule has 0 aromatic carbocycles. The van der Waals surface area contributed by atoms with Crippen LogP contribution in [0.25, 0.3) is 0 Å². The number of nitrogens with one attached hydrogen (secondary N) is 2. The molecule has 3 N–H and O–H groups in total. The van der Waals surface area contributed by atoms with E-state index in [0.717, 1.165) is 5.82 Å². The minimum Gasteiger partial charge on any atom is -0.477 e. The second kappa shape index (κ2) is 5.20. The molecule has 0 saturated carbocycles. The van der Waals surface area contributed by atoms with Crippen molar-refractivity contribution in [1.82, 2.24) is 19.9 Å². The standard InChI is InChI=1S/C13H16N4O3/c1-7-10(8(2)16-11(7)13(19)20)12(18)15-6-9-14-4-5-17(9)3/h4-5,16H,6H2,1-3H3,(H,15,18)(H,19,20). The largest absolute Gasteiger partial charge is 0.477 e. The average Bonchev–Trinajstić information content (AvgIpc) is 2.90. The van der Waals surface area contributed by atoms with E-state index in [0.29, 0.717) is 16.8 Å². The fourth-order valence-corrected chi connectivity index (χ4v) is 2.12. The molecular formula is C13H16N4O3. The van der Waals surface area contributed by atoms with Gasteiger partial charge in [0.05, 0.1) is 12.1 Å². The first-order valence-corrected chi connectivity index (χ1v) is 6.08. The topological polar surface area (TPSA) is 100 Å². The Hall–Kier alpha value is -2.57. The number of hydrogen-bond donors (Lipinski definition) is 3. The summed E-state index contributed by atoms with van der Waals surface area (Å²) in [4.78, 5) is 30.0. The van der Waals surface area contributed by atoms with Crippen LogP contribution in [0.1, 0.15) is 37.9 Å². The number of carboxylic acids is 1. The van der Waals surface area contributed by atoms with Gasteiger partial charge in [0, 0.05) is 25.1 Å². The molecule has 0 aliphatic carbocycles. The van der Waals surface area contributed by atoms with Gasteiger partial charge in [0.2, 0.25) is 0 Å². The number of imidazole rings is 1. The molecule has 106 valence electrons. The van der Waals surface area contributed by atoms with Gasteiger partial charge in [0.25, 0.3) is 5.91 Å². The second-order valence-corrected chi connectivity index (χ2v) is 4.57. The SMILES string of the molecule is Cc1[nH]c(C(=O)O)c(C)c1C(=O)NCc1nccn1C. The van der Waals surface area contributed by atoms with Gasteiger partial charge in [0.1, 0.15) is 11.5 Å². The number of carbonyl (C=O) groups excluding carboxylic acids is 1. The molecule has 2 aromatic rings. The Bertz CT molecular complexity index is 669. The highest BCUT2D eigenvalue weighted by atomic mass is 16.4. The Balaban J connectivity index is 2.18. The highest BCUT2D eigenvalue weighted by Crippen LogP contribution is 2.17. The number of nitrogens with zero attached hydrogens (tertiary/aromatic N) is 2. The molecule has 0 aliphatic heterocycles. The molecular weight excluding hydrogens is 260 g/mol. The monoisotopic (exact) mass is 276 g/mol. The molecule has 7 heteroatoms. The van der Waals surface area contributed by atoms with Crippen LogP contribution in [0.4, 0.5) is 0 Å². The number of carboxylic acid groups (broad SMARTS) is 1. The van der Waals surface area contributed by atoms with Crippen LogP contribution in [0, 0.1) is 13.8 Å². The van der Waals surface area contributed by atoms with Gasteiger partial charge in [-0.05, 0) is 19.4 Å². The Morgan fingerprint density at radius 2 is 2.15 bits per heavy atom. The van der Waals surface area contributed by atoms with Gasteiger partial charge in [-0.1, -0.05) is 0 Å². The molecule has 0 unspecified atom stereocenters. The van der Waals surface area contributed by atoms with Gasteiger partial charge in [-0.2, -0.15) is 0 Å². The van der Waals surface area contributed by atoms with Crippen LogP contribution in [0.5, 0.6) is 0 Å². The van der Waals surface area contributed by atoms with E-state index in [1.165, 1.54) is 0 Å². The number of rotatable bonds is 4. The van der Waals surface area contributed by atoms with E-state index in [1.807, 2.05) is 7.05 Å². The van der Waals surface area contributed by atoms with Crippen LogP contribution in [-0.4, -0.2) is 31.5 Å². The van der Waals surface area contributed by atoms with Crippen LogP contribution in [-0.2, 0) is 13.6 Å². The highest BCUT2D eigenvalue weighted by molar-refractivity contribution is 6.00. The summed E-state index contributed by atoms with van der Waals surface area (Å²) in [5, 5.41) is 11.8. The lowest BCUT2D eigenvalue weighted by Crippen LogP contribution is -2.25. The van der Waals surface area contributed by atoms with Gasteiger partial charge in [-0.25, -0.2) is 9.78 Å². The number of aromatic carboxylic acids is 1. The van der Waals surface area contributed by atoms with E-state index in [4.69, 9.17) is 5.11 Å². The predicted molar refractivity (Wildman–Crippen MR) is 71.6 cm³/mol. The maximum atomic E-state index is 12.2. The van der Waals surface area contributed by atoms with Crippen LogP contribution in [0.2, 0.25) is 0 Å². The molecule has 0 radical (unpaired) electrons. The number of aromatic nitrogens is 3. The molecule has 0 spiro atoms. The molecule has 2 heterocycles. The predicted octanol–water partition coefficient (Wildman–Crippen LogP) is 0.993. The first-order chi connectivity index (χ1) is 9.41. The first kappa shape index (κ1) is 13.9. The van der Waals surface area contributed by atoms with Gasteiger partial charge in [0.15, 0.2) is 0 Å². The number of aryl methyl sites for hydroxylation is 2. The Kier molecular flexibility index (Phi) is 3.60. The fourth-order valence-electron chi connectivity index (χ4n) is 2.12. The lowest BCUT2D eigenvalue weighted by molar-refractivity contribution is 0.0690. The zero-order chi connectivity index (χ0) is 14.9. The van der Waals surface area contributed by atoms with Gasteiger partial charge in [-0.3, -0.25) is 4.79 Å². The molecule has 2 rings (SSSR count). The number of aromatic amines is 1. The van der Waals surface area contributed by atoms with Crippen LogP contribution < -0.4 is 5.32 Å². The van der Waals surface area contributed by atoms with E-state index in [2.05, 4.69) is 15.3 Å².